The van der Waals surface area contributed by atoms with Crippen molar-refractivity contribution in [1.29, 1.82) is 5.26 Å². The maximum atomic E-state index is 13.6. The van der Waals surface area contributed by atoms with Crippen molar-refractivity contribution >= 4 is 46.1 Å². The van der Waals surface area contributed by atoms with E-state index in [1.54, 1.807) is 9.47 Å². The number of anilines is 1. The quantitative estimate of drug-likeness (QED) is 0.363. The number of piperidine rings is 1. The van der Waals surface area contributed by atoms with E-state index < -0.39 is 0 Å². The molecule has 2 aliphatic rings. The summed E-state index contributed by atoms with van der Waals surface area (Å²) < 4.78 is 2.25. The minimum Gasteiger partial charge on any atom is -0.357 e. The maximum absolute atomic E-state index is 13.6. The molecule has 0 bridgehead atoms. The Kier molecular flexibility index (Phi) is 8.01. The molecule has 2 atom stereocenters. The van der Waals surface area contributed by atoms with Crippen molar-refractivity contribution < 1.29 is 4.79 Å². The second-order valence-corrected chi connectivity index (χ2v) is 11.3. The first-order chi connectivity index (χ1) is 17.3. The zero-order chi connectivity index (χ0) is 26.0. The van der Waals surface area contributed by atoms with Crippen LogP contribution in [0.5, 0.6) is 0 Å². The molecule has 1 aromatic heterocycles. The Morgan fingerprint density at radius 2 is 2.00 bits per heavy atom. The Morgan fingerprint density at radius 1 is 1.28 bits per heavy atom. The molecule has 0 N–H and O–H groups in total. The topological polar surface area (TPSA) is 69.3 Å². The molecule has 1 amide bonds. The van der Waals surface area contributed by atoms with Crippen LogP contribution in [-0.4, -0.2) is 32.8 Å². The molecule has 6 nitrogen and oxygen atoms in total. The van der Waals surface area contributed by atoms with E-state index in [0.29, 0.717) is 27.3 Å². The minimum atomic E-state index is -0.257. The lowest BCUT2D eigenvalue weighted by atomic mass is 9.98. The van der Waals surface area contributed by atoms with Gasteiger partial charge < -0.3 is 4.90 Å². The zero-order valence-corrected chi connectivity index (χ0v) is 22.9. The van der Waals surface area contributed by atoms with Gasteiger partial charge in [0.15, 0.2) is 0 Å². The standard InChI is InChI=1S/C28H32N4O2S2/c1-5-13-31-25(30-14-9-10-18(2)17-30)22(19(3)23(16-29)26(31)33)15-24-27(34)32(28(35)36-24)20(4)21-11-7-6-8-12-21/h6-8,11-12,15,18,20H,5,9-10,13-14,17H2,1-4H3/b24-15+. The fourth-order valence-corrected chi connectivity index (χ4v) is 6.52. The van der Waals surface area contributed by atoms with Crippen LogP contribution >= 0.6 is 24.0 Å². The number of hydrogen-bond donors (Lipinski definition) is 0. The molecular formula is C28H32N4O2S2. The van der Waals surface area contributed by atoms with E-state index in [0.717, 1.165) is 49.3 Å². The first-order valence-electron chi connectivity index (χ1n) is 12.5. The maximum Gasteiger partial charge on any atom is 0.270 e. The number of benzene rings is 1. The first kappa shape index (κ1) is 26.2. The van der Waals surface area contributed by atoms with E-state index in [9.17, 15) is 14.9 Å². The highest BCUT2D eigenvalue weighted by Crippen LogP contribution is 2.40. The van der Waals surface area contributed by atoms with Crippen molar-refractivity contribution in [3.8, 4) is 6.07 Å². The van der Waals surface area contributed by atoms with Crippen molar-refractivity contribution in [3.05, 3.63) is 67.8 Å². The minimum absolute atomic E-state index is 0.136. The molecule has 1 aromatic carbocycles. The lowest BCUT2D eigenvalue weighted by Gasteiger charge is -2.36. The number of pyridine rings is 1. The van der Waals surface area contributed by atoms with Gasteiger partial charge in [-0.05, 0) is 56.2 Å². The van der Waals surface area contributed by atoms with Crippen LogP contribution in [-0.2, 0) is 11.3 Å². The van der Waals surface area contributed by atoms with Crippen LogP contribution in [0.4, 0.5) is 5.82 Å². The summed E-state index contributed by atoms with van der Waals surface area (Å²) in [6.07, 6.45) is 4.81. The SMILES string of the molecule is CCCn1c(N2CCCC(C)C2)c(/C=C2/SC(=S)N(C(C)c3ccccc3)C2=O)c(C)c(C#N)c1=O. The van der Waals surface area contributed by atoms with Crippen LogP contribution in [0.2, 0.25) is 0 Å². The number of nitriles is 1. The number of thioether (sulfide) groups is 1. The molecule has 2 aliphatic heterocycles. The van der Waals surface area contributed by atoms with Gasteiger partial charge in [-0.15, -0.1) is 0 Å². The molecular weight excluding hydrogens is 488 g/mol. The van der Waals surface area contributed by atoms with E-state index in [2.05, 4.69) is 17.9 Å². The van der Waals surface area contributed by atoms with Gasteiger partial charge in [0.05, 0.1) is 10.9 Å². The van der Waals surface area contributed by atoms with Crippen molar-refractivity contribution in [3.63, 3.8) is 0 Å². The van der Waals surface area contributed by atoms with E-state index in [1.165, 1.54) is 11.8 Å². The Labute approximate surface area is 222 Å². The van der Waals surface area contributed by atoms with Gasteiger partial charge in [0.1, 0.15) is 21.8 Å². The summed E-state index contributed by atoms with van der Waals surface area (Å²) >= 11 is 6.92. The second kappa shape index (κ2) is 11.0. The van der Waals surface area contributed by atoms with Gasteiger partial charge in [-0.1, -0.05) is 68.2 Å². The molecule has 0 saturated carbocycles. The summed E-state index contributed by atoms with van der Waals surface area (Å²) in [7, 11) is 0. The summed E-state index contributed by atoms with van der Waals surface area (Å²) in [4.78, 5) is 31.4. The lowest BCUT2D eigenvalue weighted by Crippen LogP contribution is -2.40. The number of amides is 1. The molecule has 2 fully saturated rings. The predicted molar refractivity (Wildman–Crippen MR) is 151 cm³/mol. The molecule has 2 aromatic rings. The van der Waals surface area contributed by atoms with E-state index >= 15 is 0 Å². The normalized spacial score (nSPS) is 20.2. The number of nitrogens with zero attached hydrogens (tertiary/aromatic N) is 4. The molecule has 3 heterocycles. The number of rotatable bonds is 6. The van der Waals surface area contributed by atoms with Gasteiger partial charge in [-0.3, -0.25) is 19.1 Å². The molecule has 0 aliphatic carbocycles. The molecule has 4 rings (SSSR count). The van der Waals surface area contributed by atoms with Crippen molar-refractivity contribution in [2.75, 3.05) is 18.0 Å². The van der Waals surface area contributed by atoms with E-state index in [1.807, 2.05) is 57.2 Å². The Hall–Kier alpha value is -2.89. The zero-order valence-electron chi connectivity index (χ0n) is 21.3. The molecule has 2 saturated heterocycles. The Morgan fingerprint density at radius 3 is 2.64 bits per heavy atom. The average Bonchev–Trinajstić information content (AvgIpc) is 3.15. The van der Waals surface area contributed by atoms with Gasteiger partial charge in [0.25, 0.3) is 11.5 Å². The van der Waals surface area contributed by atoms with Crippen LogP contribution in [0.1, 0.15) is 68.3 Å². The largest absolute Gasteiger partial charge is 0.357 e. The number of hydrogen-bond acceptors (Lipinski definition) is 6. The second-order valence-electron chi connectivity index (χ2n) is 9.64. The van der Waals surface area contributed by atoms with Crippen LogP contribution in [0, 0.1) is 24.2 Å². The molecule has 36 heavy (non-hydrogen) atoms. The average molecular weight is 521 g/mol. The summed E-state index contributed by atoms with van der Waals surface area (Å²) in [5, 5.41) is 9.86. The number of carbonyl (C=O) groups is 1. The number of thiocarbonyl (C=S) groups is 1. The molecule has 8 heteroatoms. The third kappa shape index (κ3) is 4.87. The van der Waals surface area contributed by atoms with Crippen LogP contribution < -0.4 is 10.5 Å². The van der Waals surface area contributed by atoms with Gasteiger partial charge in [-0.25, -0.2) is 0 Å². The predicted octanol–water partition coefficient (Wildman–Crippen LogP) is 5.64. The highest BCUT2D eigenvalue weighted by Gasteiger charge is 2.37. The van der Waals surface area contributed by atoms with Crippen LogP contribution in [0.25, 0.3) is 6.08 Å². The van der Waals surface area contributed by atoms with E-state index in [4.69, 9.17) is 12.2 Å². The van der Waals surface area contributed by atoms with Gasteiger partial charge >= 0.3 is 0 Å². The van der Waals surface area contributed by atoms with E-state index in [-0.39, 0.29) is 23.1 Å². The highest BCUT2D eigenvalue weighted by molar-refractivity contribution is 8.26. The fourth-order valence-electron chi connectivity index (χ4n) is 5.12. The van der Waals surface area contributed by atoms with Crippen LogP contribution in [0.3, 0.4) is 0 Å². The van der Waals surface area contributed by atoms with Crippen molar-refractivity contribution in [2.24, 2.45) is 5.92 Å². The van der Waals surface area contributed by atoms with Crippen LogP contribution in [0.15, 0.2) is 40.0 Å². The molecule has 188 valence electrons. The van der Waals surface area contributed by atoms with Gasteiger partial charge in [-0.2, -0.15) is 5.26 Å². The lowest BCUT2D eigenvalue weighted by molar-refractivity contribution is -0.123. The smallest absolute Gasteiger partial charge is 0.270 e. The molecule has 0 spiro atoms. The third-order valence-corrected chi connectivity index (χ3v) is 8.35. The third-order valence-electron chi connectivity index (χ3n) is 7.02. The van der Waals surface area contributed by atoms with Crippen molar-refractivity contribution in [2.45, 2.75) is 59.5 Å². The van der Waals surface area contributed by atoms with Gasteiger partial charge in [0.2, 0.25) is 0 Å². The number of aromatic nitrogens is 1. The first-order valence-corrected chi connectivity index (χ1v) is 13.7. The van der Waals surface area contributed by atoms with Gasteiger partial charge in [0, 0.05) is 25.2 Å². The fraction of sp³-hybridized carbons (Fsp3) is 0.429. The Balaban J connectivity index is 1.85. The summed E-state index contributed by atoms with van der Waals surface area (Å²) in [6.45, 7) is 10.2. The molecule has 0 radical (unpaired) electrons. The number of carbonyl (C=O) groups excluding carboxylic acids is 1. The monoisotopic (exact) mass is 520 g/mol. The summed E-state index contributed by atoms with van der Waals surface area (Å²) in [6, 6.07) is 11.8. The summed E-state index contributed by atoms with van der Waals surface area (Å²) in [5.41, 5.74) is 2.27. The molecule has 2 unspecified atom stereocenters. The van der Waals surface area contributed by atoms with Crippen molar-refractivity contribution in [1.82, 2.24) is 9.47 Å². The highest BCUT2D eigenvalue weighted by atomic mass is 32.2. The Bertz CT molecular complexity index is 1310. The summed E-state index contributed by atoms with van der Waals surface area (Å²) in [5.74, 6) is 1.16.